The van der Waals surface area contributed by atoms with Crippen LogP contribution in [-0.2, 0) is 6.54 Å². The van der Waals surface area contributed by atoms with E-state index in [1.807, 2.05) is 0 Å². The second kappa shape index (κ2) is 7.41. The fraction of sp³-hybridized carbons (Fsp3) is 0.455. The molecule has 0 bridgehead atoms. The molecule has 0 aliphatic heterocycles. The van der Waals surface area contributed by atoms with Crippen LogP contribution in [0.3, 0.4) is 0 Å². The van der Waals surface area contributed by atoms with Gasteiger partial charge in [-0.1, -0.05) is 40.3 Å². The van der Waals surface area contributed by atoms with Gasteiger partial charge in [-0.15, -0.1) is 0 Å². The summed E-state index contributed by atoms with van der Waals surface area (Å²) in [6.45, 7) is 1.42. The Morgan fingerprint density at radius 2 is 2.13 bits per heavy atom. The molecule has 0 aliphatic rings. The van der Waals surface area contributed by atoms with Crippen molar-refractivity contribution >= 4 is 34.2 Å². The fourth-order valence-electron chi connectivity index (χ4n) is 1.26. The molecular weight excluding hydrogens is 327 g/mol. The first-order valence-corrected chi connectivity index (χ1v) is 6.85. The lowest BCUT2D eigenvalue weighted by molar-refractivity contribution is 0.581. The molecule has 0 amide bonds. The molecule has 0 spiro atoms. The minimum Gasteiger partial charge on any atom is -0.313 e. The zero-order chi connectivity index (χ0) is 11.1. The highest BCUT2D eigenvalue weighted by atomic mass is 127. The highest BCUT2D eigenvalue weighted by Gasteiger charge is 2.05. The van der Waals surface area contributed by atoms with E-state index >= 15 is 0 Å². The molecule has 15 heavy (non-hydrogen) atoms. The van der Waals surface area contributed by atoms with Crippen LogP contribution in [0.15, 0.2) is 18.2 Å². The quantitative estimate of drug-likeness (QED) is 0.472. The van der Waals surface area contributed by atoms with E-state index in [-0.39, 0.29) is 5.82 Å². The van der Waals surface area contributed by atoms with Crippen molar-refractivity contribution in [2.75, 3.05) is 11.0 Å². The summed E-state index contributed by atoms with van der Waals surface area (Å²) in [5, 5.41) is 3.69. The van der Waals surface area contributed by atoms with Gasteiger partial charge in [-0.25, -0.2) is 4.39 Å². The molecule has 1 N–H and O–H groups in total. The normalized spacial score (nSPS) is 10.6. The van der Waals surface area contributed by atoms with Crippen LogP contribution in [0.4, 0.5) is 4.39 Å². The maximum absolute atomic E-state index is 13.3. The highest BCUT2D eigenvalue weighted by molar-refractivity contribution is 14.1. The van der Waals surface area contributed by atoms with Crippen molar-refractivity contribution < 1.29 is 4.39 Å². The second-order valence-electron chi connectivity index (χ2n) is 3.27. The van der Waals surface area contributed by atoms with Gasteiger partial charge in [-0.05, 0) is 35.9 Å². The maximum atomic E-state index is 13.3. The molecule has 1 aromatic rings. The topological polar surface area (TPSA) is 12.0 Å². The van der Waals surface area contributed by atoms with E-state index in [9.17, 15) is 4.39 Å². The van der Waals surface area contributed by atoms with Crippen LogP contribution in [-0.4, -0.2) is 11.0 Å². The number of rotatable bonds is 6. The summed E-state index contributed by atoms with van der Waals surface area (Å²) in [6, 6.07) is 4.78. The van der Waals surface area contributed by atoms with Crippen LogP contribution in [0.1, 0.15) is 18.4 Å². The Balaban J connectivity index is 2.37. The van der Waals surface area contributed by atoms with E-state index in [2.05, 4.69) is 27.9 Å². The van der Waals surface area contributed by atoms with E-state index in [0.29, 0.717) is 17.1 Å². The van der Waals surface area contributed by atoms with Gasteiger partial charge >= 0.3 is 0 Å². The summed E-state index contributed by atoms with van der Waals surface area (Å²) in [7, 11) is 0. The molecule has 4 heteroatoms. The molecule has 0 atom stereocenters. The summed E-state index contributed by atoms with van der Waals surface area (Å²) >= 11 is 8.24. The monoisotopic (exact) mass is 341 g/mol. The summed E-state index contributed by atoms with van der Waals surface area (Å²) in [5.74, 6) is -0.233. The molecule has 1 aromatic carbocycles. The molecule has 1 rings (SSSR count). The average Bonchev–Trinajstić information content (AvgIpc) is 2.21. The Morgan fingerprint density at radius 3 is 2.80 bits per heavy atom. The first-order chi connectivity index (χ1) is 7.25. The van der Waals surface area contributed by atoms with Crippen molar-refractivity contribution in [1.82, 2.24) is 5.32 Å². The lowest BCUT2D eigenvalue weighted by Crippen LogP contribution is -2.16. The van der Waals surface area contributed by atoms with Crippen molar-refractivity contribution in [3.8, 4) is 0 Å². The van der Waals surface area contributed by atoms with E-state index in [0.717, 1.165) is 13.0 Å². The van der Waals surface area contributed by atoms with Crippen molar-refractivity contribution in [1.29, 1.82) is 0 Å². The molecule has 0 aromatic heterocycles. The number of halogens is 3. The fourth-order valence-corrected chi connectivity index (χ4v) is 2.03. The number of nitrogens with one attached hydrogen (secondary N) is 1. The minimum absolute atomic E-state index is 0.233. The van der Waals surface area contributed by atoms with E-state index in [4.69, 9.17) is 11.6 Å². The molecule has 0 saturated carbocycles. The van der Waals surface area contributed by atoms with Gasteiger partial charge in [0.05, 0.1) is 0 Å². The molecule has 0 radical (unpaired) electrons. The van der Waals surface area contributed by atoms with E-state index < -0.39 is 0 Å². The van der Waals surface area contributed by atoms with Gasteiger partial charge in [-0.2, -0.15) is 0 Å². The Bertz CT molecular complexity index is 286. The number of alkyl halides is 1. The Labute approximate surface area is 109 Å². The summed E-state index contributed by atoms with van der Waals surface area (Å²) in [5.41, 5.74) is 0.564. The molecule has 1 nitrogen and oxygen atoms in total. The van der Waals surface area contributed by atoms with Crippen LogP contribution in [0, 0.1) is 5.82 Å². The van der Waals surface area contributed by atoms with E-state index in [1.54, 1.807) is 12.1 Å². The number of unbranched alkanes of at least 4 members (excludes halogenated alkanes) is 1. The summed E-state index contributed by atoms with van der Waals surface area (Å²) in [6.07, 6.45) is 2.31. The second-order valence-corrected chi connectivity index (χ2v) is 4.76. The first-order valence-electron chi connectivity index (χ1n) is 4.95. The van der Waals surface area contributed by atoms with Crippen LogP contribution in [0.2, 0.25) is 5.02 Å². The largest absolute Gasteiger partial charge is 0.313 e. The smallest absolute Gasteiger partial charge is 0.129 e. The van der Waals surface area contributed by atoms with Gasteiger partial charge in [0.2, 0.25) is 0 Å². The molecular formula is C11H14ClFIN. The molecule has 0 fully saturated rings. The maximum Gasteiger partial charge on any atom is 0.129 e. The zero-order valence-corrected chi connectivity index (χ0v) is 11.3. The lowest BCUT2D eigenvalue weighted by atomic mass is 10.2. The van der Waals surface area contributed by atoms with Crippen molar-refractivity contribution in [2.45, 2.75) is 19.4 Å². The van der Waals surface area contributed by atoms with Crippen molar-refractivity contribution in [3.63, 3.8) is 0 Å². The van der Waals surface area contributed by atoms with Gasteiger partial charge < -0.3 is 5.32 Å². The Morgan fingerprint density at radius 1 is 1.33 bits per heavy atom. The number of hydrogen-bond donors (Lipinski definition) is 1. The van der Waals surface area contributed by atoms with Gasteiger partial charge in [-0.3, -0.25) is 0 Å². The highest BCUT2D eigenvalue weighted by Crippen LogP contribution is 2.18. The van der Waals surface area contributed by atoms with Crippen LogP contribution in [0.5, 0.6) is 0 Å². The van der Waals surface area contributed by atoms with Crippen LogP contribution >= 0.6 is 34.2 Å². The third-order valence-electron chi connectivity index (χ3n) is 2.10. The third kappa shape index (κ3) is 4.66. The minimum atomic E-state index is -0.233. The lowest BCUT2D eigenvalue weighted by Gasteiger charge is -2.07. The molecule has 0 heterocycles. The predicted octanol–water partition coefficient (Wildman–Crippen LogP) is 3.78. The SMILES string of the molecule is Fc1cccc(Cl)c1CNCCCCI. The summed E-state index contributed by atoms with van der Waals surface area (Å²) in [4.78, 5) is 0. The van der Waals surface area contributed by atoms with Gasteiger partial charge in [0.15, 0.2) is 0 Å². The Hall–Kier alpha value is 0.130. The van der Waals surface area contributed by atoms with Crippen molar-refractivity contribution in [2.24, 2.45) is 0 Å². The third-order valence-corrected chi connectivity index (χ3v) is 3.22. The summed E-state index contributed by atoms with van der Waals surface area (Å²) < 4.78 is 14.5. The Kier molecular flexibility index (Phi) is 6.52. The average molecular weight is 342 g/mol. The van der Waals surface area contributed by atoms with E-state index in [1.165, 1.54) is 16.9 Å². The molecule has 0 unspecified atom stereocenters. The zero-order valence-electron chi connectivity index (χ0n) is 8.40. The molecule has 0 aliphatic carbocycles. The van der Waals surface area contributed by atoms with Gasteiger partial charge in [0.25, 0.3) is 0 Å². The molecule has 84 valence electrons. The van der Waals surface area contributed by atoms with Crippen molar-refractivity contribution in [3.05, 3.63) is 34.6 Å². The van der Waals surface area contributed by atoms with Gasteiger partial charge in [0.1, 0.15) is 5.82 Å². The predicted molar refractivity (Wildman–Crippen MR) is 71.2 cm³/mol. The van der Waals surface area contributed by atoms with Crippen LogP contribution in [0.25, 0.3) is 0 Å². The van der Waals surface area contributed by atoms with Crippen LogP contribution < -0.4 is 5.32 Å². The number of hydrogen-bond acceptors (Lipinski definition) is 1. The van der Waals surface area contributed by atoms with Gasteiger partial charge in [0, 0.05) is 17.1 Å². The first kappa shape index (κ1) is 13.2. The standard InChI is InChI=1S/C11H14ClFIN/c12-10-4-3-5-11(13)9(10)8-15-7-2-1-6-14/h3-5,15H,1-2,6-8H2. The number of benzene rings is 1. The molecule has 0 saturated heterocycles.